The van der Waals surface area contributed by atoms with Gasteiger partial charge in [0.15, 0.2) is 5.82 Å². The highest BCUT2D eigenvalue weighted by Crippen LogP contribution is 2.21. The molecule has 2 aromatic rings. The lowest BCUT2D eigenvalue weighted by Crippen LogP contribution is -2.34. The first-order chi connectivity index (χ1) is 11.0. The first kappa shape index (κ1) is 16.7. The monoisotopic (exact) mass is 322 g/mol. The van der Waals surface area contributed by atoms with Crippen molar-refractivity contribution in [2.45, 2.75) is 27.3 Å². The van der Waals surface area contributed by atoms with Gasteiger partial charge in [0, 0.05) is 12.6 Å². The van der Waals surface area contributed by atoms with Crippen LogP contribution < -0.4 is 10.1 Å². The first-order valence-electron chi connectivity index (χ1n) is 7.31. The highest BCUT2D eigenvalue weighted by Gasteiger charge is 2.17. The molecule has 0 aliphatic rings. The van der Waals surface area contributed by atoms with Gasteiger partial charge in [-0.25, -0.2) is 9.18 Å². The van der Waals surface area contributed by atoms with Crippen LogP contribution in [0, 0.1) is 12.7 Å². The fourth-order valence-corrected chi connectivity index (χ4v) is 1.94. The minimum atomic E-state index is -0.561. The molecule has 0 unspecified atom stereocenters. The summed E-state index contributed by atoms with van der Waals surface area (Å²) >= 11 is 0. The summed E-state index contributed by atoms with van der Waals surface area (Å²) in [7, 11) is 0. The van der Waals surface area contributed by atoms with E-state index in [1.807, 2.05) is 6.92 Å². The van der Waals surface area contributed by atoms with Crippen LogP contribution in [-0.4, -0.2) is 34.2 Å². The second-order valence-corrected chi connectivity index (χ2v) is 4.75. The minimum absolute atomic E-state index is 0.0820. The summed E-state index contributed by atoms with van der Waals surface area (Å²) in [6.07, 6.45) is 0. The lowest BCUT2D eigenvalue weighted by atomic mass is 10.3. The molecule has 0 bridgehead atoms. The predicted octanol–water partition coefficient (Wildman–Crippen LogP) is 2.97. The van der Waals surface area contributed by atoms with Crippen molar-refractivity contribution in [2.24, 2.45) is 0 Å². The van der Waals surface area contributed by atoms with Gasteiger partial charge in [-0.15, -0.1) is 0 Å². The molecule has 1 heterocycles. The molecule has 0 saturated heterocycles. The fourth-order valence-electron chi connectivity index (χ4n) is 1.94. The number of hydrogen-bond donors (Lipinski definition) is 1. The Morgan fingerprint density at radius 3 is 2.78 bits per heavy atom. The smallest absolute Gasteiger partial charge is 0.322 e. The fraction of sp³-hybridized carbons (Fsp3) is 0.400. The zero-order valence-corrected chi connectivity index (χ0v) is 13.3. The van der Waals surface area contributed by atoms with E-state index in [1.54, 1.807) is 19.9 Å². The van der Waals surface area contributed by atoms with Gasteiger partial charge in [0.05, 0.1) is 12.3 Å². The second kappa shape index (κ2) is 7.57. The summed E-state index contributed by atoms with van der Waals surface area (Å²) in [4.78, 5) is 17.7. The van der Waals surface area contributed by atoms with E-state index < -0.39 is 11.8 Å². The van der Waals surface area contributed by atoms with Crippen molar-refractivity contribution < 1.29 is 18.4 Å². The van der Waals surface area contributed by atoms with Crippen LogP contribution in [0.3, 0.4) is 0 Å². The van der Waals surface area contributed by atoms with E-state index in [-0.39, 0.29) is 12.2 Å². The van der Waals surface area contributed by atoms with Gasteiger partial charge >= 0.3 is 6.03 Å². The van der Waals surface area contributed by atoms with E-state index in [2.05, 4.69) is 15.5 Å². The summed E-state index contributed by atoms with van der Waals surface area (Å²) in [5.41, 5.74) is 0.0820. The number of urea groups is 1. The molecule has 124 valence electrons. The first-order valence-corrected chi connectivity index (χ1v) is 7.31. The van der Waals surface area contributed by atoms with Crippen LogP contribution in [0.4, 0.5) is 14.9 Å². The molecular formula is C15H19FN4O3. The zero-order chi connectivity index (χ0) is 16.8. The average molecular weight is 322 g/mol. The summed E-state index contributed by atoms with van der Waals surface area (Å²) in [5.74, 6) is 0.673. The van der Waals surface area contributed by atoms with Crippen molar-refractivity contribution in [3.05, 3.63) is 35.7 Å². The SMILES string of the molecule is CCOc1ccc(NC(=O)N(CC)Cc2nc(C)no2)c(F)c1. The van der Waals surface area contributed by atoms with Crippen molar-refractivity contribution in [1.82, 2.24) is 15.0 Å². The molecule has 0 aliphatic heterocycles. The van der Waals surface area contributed by atoms with Crippen molar-refractivity contribution in [2.75, 3.05) is 18.5 Å². The quantitative estimate of drug-likeness (QED) is 0.884. The molecule has 0 atom stereocenters. The topological polar surface area (TPSA) is 80.5 Å². The number of benzene rings is 1. The maximum Gasteiger partial charge on any atom is 0.322 e. The molecule has 1 aromatic carbocycles. The molecule has 0 fully saturated rings. The maximum absolute atomic E-state index is 14.0. The Hall–Kier alpha value is -2.64. The van der Waals surface area contributed by atoms with Gasteiger partial charge in [-0.3, -0.25) is 0 Å². The molecule has 2 rings (SSSR count). The average Bonchev–Trinajstić information content (AvgIpc) is 2.93. The summed E-state index contributed by atoms with van der Waals surface area (Å²) in [6.45, 7) is 6.31. The third-order valence-corrected chi connectivity index (χ3v) is 3.06. The molecule has 0 saturated carbocycles. The molecule has 2 amide bonds. The number of aromatic nitrogens is 2. The van der Waals surface area contributed by atoms with Gasteiger partial charge in [-0.05, 0) is 32.9 Å². The minimum Gasteiger partial charge on any atom is -0.494 e. The Morgan fingerprint density at radius 2 is 2.22 bits per heavy atom. The van der Waals surface area contributed by atoms with Crippen molar-refractivity contribution >= 4 is 11.7 Å². The van der Waals surface area contributed by atoms with Crippen LogP contribution in [-0.2, 0) is 6.54 Å². The number of carbonyl (C=O) groups is 1. The molecular weight excluding hydrogens is 303 g/mol. The Balaban J connectivity index is 2.04. The molecule has 23 heavy (non-hydrogen) atoms. The van der Waals surface area contributed by atoms with Crippen LogP contribution in [0.25, 0.3) is 0 Å². The molecule has 1 aromatic heterocycles. The van der Waals surface area contributed by atoms with Crippen LogP contribution in [0.2, 0.25) is 0 Å². The van der Waals surface area contributed by atoms with Crippen LogP contribution in [0.15, 0.2) is 22.7 Å². The summed E-state index contributed by atoms with van der Waals surface area (Å²) in [5, 5.41) is 6.19. The largest absolute Gasteiger partial charge is 0.494 e. The van der Waals surface area contributed by atoms with Gasteiger partial charge in [0.25, 0.3) is 0 Å². The van der Waals surface area contributed by atoms with E-state index in [0.717, 1.165) is 0 Å². The van der Waals surface area contributed by atoms with E-state index in [1.165, 1.54) is 17.0 Å². The highest BCUT2D eigenvalue weighted by molar-refractivity contribution is 5.89. The van der Waals surface area contributed by atoms with Gasteiger partial charge in [0.1, 0.15) is 18.1 Å². The number of ether oxygens (including phenoxy) is 1. The Labute approximate surface area is 133 Å². The molecule has 7 nitrogen and oxygen atoms in total. The van der Waals surface area contributed by atoms with Crippen LogP contribution in [0.1, 0.15) is 25.6 Å². The number of nitrogens with one attached hydrogen (secondary N) is 1. The number of aryl methyl sites for hydroxylation is 1. The van der Waals surface area contributed by atoms with Crippen molar-refractivity contribution in [1.29, 1.82) is 0 Å². The third kappa shape index (κ3) is 4.41. The van der Waals surface area contributed by atoms with Gasteiger partial charge in [0.2, 0.25) is 5.89 Å². The Morgan fingerprint density at radius 1 is 1.43 bits per heavy atom. The Bertz CT molecular complexity index is 674. The normalized spacial score (nSPS) is 10.4. The van der Waals surface area contributed by atoms with Gasteiger partial charge in [-0.2, -0.15) is 4.98 Å². The molecule has 1 N–H and O–H groups in total. The third-order valence-electron chi connectivity index (χ3n) is 3.06. The highest BCUT2D eigenvalue weighted by atomic mass is 19.1. The number of rotatable bonds is 6. The van der Waals surface area contributed by atoms with Crippen LogP contribution >= 0.6 is 0 Å². The van der Waals surface area contributed by atoms with Crippen molar-refractivity contribution in [3.63, 3.8) is 0 Å². The molecule has 0 spiro atoms. The lowest BCUT2D eigenvalue weighted by molar-refractivity contribution is 0.203. The number of hydrogen-bond acceptors (Lipinski definition) is 5. The molecule has 8 heteroatoms. The Kier molecular flexibility index (Phi) is 5.51. The number of nitrogens with zero attached hydrogens (tertiary/aromatic N) is 3. The number of halogens is 1. The van der Waals surface area contributed by atoms with E-state index in [9.17, 15) is 9.18 Å². The second-order valence-electron chi connectivity index (χ2n) is 4.75. The zero-order valence-electron chi connectivity index (χ0n) is 13.3. The molecule has 0 aliphatic carbocycles. The summed E-state index contributed by atoms with van der Waals surface area (Å²) < 4.78 is 24.2. The van der Waals surface area contributed by atoms with E-state index in [4.69, 9.17) is 9.26 Å². The van der Waals surface area contributed by atoms with Crippen LogP contribution in [0.5, 0.6) is 5.75 Å². The van der Waals surface area contributed by atoms with E-state index in [0.29, 0.717) is 30.6 Å². The number of carbonyl (C=O) groups excluding carboxylic acids is 1. The maximum atomic E-state index is 14.0. The summed E-state index contributed by atoms with van der Waals surface area (Å²) in [6, 6.07) is 3.84. The number of amides is 2. The van der Waals surface area contributed by atoms with Crippen molar-refractivity contribution in [3.8, 4) is 5.75 Å². The van der Waals surface area contributed by atoms with E-state index >= 15 is 0 Å². The molecule has 0 radical (unpaired) electrons. The number of anilines is 1. The van der Waals surface area contributed by atoms with Gasteiger partial charge in [-0.1, -0.05) is 5.16 Å². The lowest BCUT2D eigenvalue weighted by Gasteiger charge is -2.19. The predicted molar refractivity (Wildman–Crippen MR) is 81.7 cm³/mol. The van der Waals surface area contributed by atoms with Gasteiger partial charge < -0.3 is 19.5 Å². The standard InChI is InChI=1S/C15H19FN4O3/c1-4-20(9-14-17-10(3)19-23-14)15(21)18-13-7-6-11(22-5-2)8-12(13)16/h6-8H,4-5,9H2,1-3H3,(H,18,21).